The molecule has 7 nitrogen and oxygen atoms in total. The van der Waals surface area contributed by atoms with E-state index in [1.165, 1.54) is 4.31 Å². The number of aryl methyl sites for hydroxylation is 1. The fraction of sp³-hybridized carbons (Fsp3) is 0.529. The Bertz CT molecular complexity index is 715. The number of amides is 1. The summed E-state index contributed by atoms with van der Waals surface area (Å²) in [6, 6.07) is 6.67. The number of aliphatic carboxylic acids is 1. The maximum atomic E-state index is 12.7. The van der Waals surface area contributed by atoms with Crippen molar-refractivity contribution in [3.05, 3.63) is 29.8 Å². The lowest BCUT2D eigenvalue weighted by Gasteiger charge is -2.31. The van der Waals surface area contributed by atoms with E-state index in [-0.39, 0.29) is 30.3 Å². The lowest BCUT2D eigenvalue weighted by molar-refractivity contribution is -0.137. The van der Waals surface area contributed by atoms with Gasteiger partial charge in [-0.25, -0.2) is 8.42 Å². The molecule has 1 amide bonds. The summed E-state index contributed by atoms with van der Waals surface area (Å²) in [5, 5.41) is 11.3. The molecule has 0 spiro atoms. The minimum absolute atomic E-state index is 0.00112. The number of rotatable bonds is 7. The Kier molecular flexibility index (Phi) is 6.55. The highest BCUT2D eigenvalue weighted by molar-refractivity contribution is 7.89. The number of hydrogen-bond acceptors (Lipinski definition) is 4. The van der Waals surface area contributed by atoms with Crippen LogP contribution in [0, 0.1) is 12.8 Å². The summed E-state index contributed by atoms with van der Waals surface area (Å²) in [5.74, 6) is -1.52. The van der Waals surface area contributed by atoms with Gasteiger partial charge < -0.3 is 10.4 Å². The van der Waals surface area contributed by atoms with E-state index in [9.17, 15) is 18.0 Å². The maximum absolute atomic E-state index is 12.7. The molecule has 25 heavy (non-hydrogen) atoms. The van der Waals surface area contributed by atoms with Gasteiger partial charge in [-0.15, -0.1) is 0 Å². The Labute approximate surface area is 148 Å². The highest BCUT2D eigenvalue weighted by atomic mass is 32.2. The molecule has 1 aliphatic rings. The highest BCUT2D eigenvalue weighted by Crippen LogP contribution is 2.24. The molecule has 1 aliphatic heterocycles. The number of nitrogens with one attached hydrogen (secondary N) is 1. The second-order valence-electron chi connectivity index (χ2n) is 6.30. The summed E-state index contributed by atoms with van der Waals surface area (Å²) >= 11 is 0. The highest BCUT2D eigenvalue weighted by Gasteiger charge is 2.33. The van der Waals surface area contributed by atoms with Crippen LogP contribution < -0.4 is 5.32 Å². The zero-order valence-electron chi connectivity index (χ0n) is 14.3. The number of piperidine rings is 1. The van der Waals surface area contributed by atoms with Gasteiger partial charge in [0.2, 0.25) is 15.9 Å². The Balaban J connectivity index is 1.96. The third-order valence-corrected chi connectivity index (χ3v) is 6.16. The smallest absolute Gasteiger partial charge is 0.303 e. The van der Waals surface area contributed by atoms with Crippen LogP contribution in [-0.2, 0) is 19.6 Å². The Morgan fingerprint density at radius 1 is 1.28 bits per heavy atom. The summed E-state index contributed by atoms with van der Waals surface area (Å²) in [5.41, 5.74) is 0.983. The van der Waals surface area contributed by atoms with Crippen LogP contribution in [0.15, 0.2) is 29.2 Å². The molecule has 1 aromatic carbocycles. The lowest BCUT2D eigenvalue weighted by atomic mass is 9.99. The van der Waals surface area contributed by atoms with Crippen LogP contribution in [0.2, 0.25) is 0 Å². The van der Waals surface area contributed by atoms with Gasteiger partial charge in [0.1, 0.15) is 0 Å². The topological polar surface area (TPSA) is 104 Å². The predicted octanol–water partition coefficient (Wildman–Crippen LogP) is 1.38. The summed E-state index contributed by atoms with van der Waals surface area (Å²) < 4.78 is 26.8. The summed E-state index contributed by atoms with van der Waals surface area (Å²) in [6.45, 7) is 2.73. The molecule has 1 aromatic rings. The van der Waals surface area contributed by atoms with E-state index in [0.29, 0.717) is 25.8 Å². The minimum atomic E-state index is -3.61. The molecule has 1 fully saturated rings. The quantitative estimate of drug-likeness (QED) is 0.708. The molecule has 1 heterocycles. The number of carbonyl (C=O) groups excluding carboxylic acids is 1. The van der Waals surface area contributed by atoms with E-state index in [1.54, 1.807) is 24.3 Å². The first-order chi connectivity index (χ1) is 11.8. The number of nitrogens with zero attached hydrogens (tertiary/aromatic N) is 1. The van der Waals surface area contributed by atoms with Crippen molar-refractivity contribution in [1.82, 2.24) is 9.62 Å². The SMILES string of the molecule is Cc1ccc(S(=O)(=O)N2CCCC(C(=O)NCCCC(=O)O)C2)cc1. The van der Waals surface area contributed by atoms with Crippen LogP contribution in [-0.4, -0.2) is 49.3 Å². The minimum Gasteiger partial charge on any atom is -0.481 e. The molecule has 138 valence electrons. The van der Waals surface area contributed by atoms with Gasteiger partial charge in [0.25, 0.3) is 0 Å². The van der Waals surface area contributed by atoms with Gasteiger partial charge in [0, 0.05) is 26.1 Å². The average Bonchev–Trinajstić information content (AvgIpc) is 2.59. The van der Waals surface area contributed by atoms with Crippen molar-refractivity contribution < 1.29 is 23.1 Å². The largest absolute Gasteiger partial charge is 0.481 e. The zero-order chi connectivity index (χ0) is 18.4. The second-order valence-corrected chi connectivity index (χ2v) is 8.24. The normalized spacial score (nSPS) is 18.7. The second kappa shape index (κ2) is 8.44. The molecule has 0 bridgehead atoms. The van der Waals surface area contributed by atoms with Crippen LogP contribution in [0.3, 0.4) is 0 Å². The molecular formula is C17H24N2O5S. The maximum Gasteiger partial charge on any atom is 0.303 e. The fourth-order valence-corrected chi connectivity index (χ4v) is 4.35. The first-order valence-electron chi connectivity index (χ1n) is 8.37. The van der Waals surface area contributed by atoms with Crippen molar-refractivity contribution in [3.8, 4) is 0 Å². The van der Waals surface area contributed by atoms with Crippen LogP contribution in [0.5, 0.6) is 0 Å². The summed E-state index contributed by atoms with van der Waals surface area (Å²) in [4.78, 5) is 22.9. The number of sulfonamides is 1. The average molecular weight is 368 g/mol. The predicted molar refractivity (Wildman–Crippen MR) is 92.5 cm³/mol. The summed E-state index contributed by atoms with van der Waals surface area (Å²) in [7, 11) is -3.61. The Morgan fingerprint density at radius 3 is 2.60 bits per heavy atom. The first kappa shape index (κ1) is 19.4. The van der Waals surface area contributed by atoms with Gasteiger partial charge in [-0.2, -0.15) is 4.31 Å². The van der Waals surface area contributed by atoms with Crippen molar-refractivity contribution in [1.29, 1.82) is 0 Å². The summed E-state index contributed by atoms with van der Waals surface area (Å²) in [6.07, 6.45) is 1.61. The molecule has 0 aromatic heterocycles. The third kappa shape index (κ3) is 5.27. The van der Waals surface area contributed by atoms with E-state index in [4.69, 9.17) is 5.11 Å². The molecule has 1 atom stereocenters. The van der Waals surface area contributed by atoms with Gasteiger partial charge in [0.15, 0.2) is 0 Å². The molecule has 1 saturated heterocycles. The molecule has 1 unspecified atom stereocenters. The number of hydrogen-bond donors (Lipinski definition) is 2. The third-order valence-electron chi connectivity index (χ3n) is 4.28. The molecule has 0 saturated carbocycles. The number of carbonyl (C=O) groups is 2. The molecule has 0 aliphatic carbocycles. The van der Waals surface area contributed by atoms with E-state index in [1.807, 2.05) is 6.92 Å². The lowest BCUT2D eigenvalue weighted by Crippen LogP contribution is -2.45. The van der Waals surface area contributed by atoms with Crippen LogP contribution in [0.25, 0.3) is 0 Å². The molecule has 8 heteroatoms. The Hall–Kier alpha value is -1.93. The van der Waals surface area contributed by atoms with E-state index in [2.05, 4.69) is 5.32 Å². The molecule has 0 radical (unpaired) electrons. The van der Waals surface area contributed by atoms with E-state index < -0.39 is 21.9 Å². The van der Waals surface area contributed by atoms with Gasteiger partial charge in [-0.1, -0.05) is 17.7 Å². The standard InChI is InChI=1S/C17H24N2O5S/c1-13-6-8-15(9-7-13)25(23,24)19-11-3-4-14(12-19)17(22)18-10-2-5-16(20)21/h6-9,14H,2-5,10-12H2,1H3,(H,18,22)(H,20,21). The molecule has 2 N–H and O–H groups in total. The molecular weight excluding hydrogens is 344 g/mol. The van der Waals surface area contributed by atoms with Crippen LogP contribution >= 0.6 is 0 Å². The van der Waals surface area contributed by atoms with Crippen molar-refractivity contribution in [2.24, 2.45) is 5.92 Å². The van der Waals surface area contributed by atoms with E-state index in [0.717, 1.165) is 5.56 Å². The van der Waals surface area contributed by atoms with Crippen LogP contribution in [0.4, 0.5) is 0 Å². The number of carboxylic acid groups (broad SMARTS) is 1. The van der Waals surface area contributed by atoms with Crippen LogP contribution in [0.1, 0.15) is 31.2 Å². The van der Waals surface area contributed by atoms with Crippen molar-refractivity contribution in [2.45, 2.75) is 37.5 Å². The van der Waals surface area contributed by atoms with Gasteiger partial charge in [0.05, 0.1) is 10.8 Å². The van der Waals surface area contributed by atoms with Crippen molar-refractivity contribution in [3.63, 3.8) is 0 Å². The van der Waals surface area contributed by atoms with Gasteiger partial charge >= 0.3 is 5.97 Å². The van der Waals surface area contributed by atoms with Gasteiger partial charge in [-0.3, -0.25) is 9.59 Å². The van der Waals surface area contributed by atoms with E-state index >= 15 is 0 Å². The van der Waals surface area contributed by atoms with Crippen molar-refractivity contribution in [2.75, 3.05) is 19.6 Å². The Morgan fingerprint density at radius 2 is 1.96 bits per heavy atom. The fourth-order valence-electron chi connectivity index (χ4n) is 2.83. The molecule has 2 rings (SSSR count). The monoisotopic (exact) mass is 368 g/mol. The zero-order valence-corrected chi connectivity index (χ0v) is 15.1. The number of carboxylic acids is 1. The number of benzene rings is 1. The van der Waals surface area contributed by atoms with Crippen molar-refractivity contribution >= 4 is 21.9 Å². The first-order valence-corrected chi connectivity index (χ1v) is 9.81. The van der Waals surface area contributed by atoms with Gasteiger partial charge in [-0.05, 0) is 38.3 Å².